The van der Waals surface area contributed by atoms with E-state index in [9.17, 15) is 5.26 Å². The van der Waals surface area contributed by atoms with Gasteiger partial charge in [-0.1, -0.05) is 12.1 Å². The van der Waals surface area contributed by atoms with Crippen molar-refractivity contribution in [2.75, 3.05) is 43.2 Å². The lowest BCUT2D eigenvalue weighted by Crippen LogP contribution is -2.56. The molecule has 5 rings (SSSR count). The Hall–Kier alpha value is -3.28. The van der Waals surface area contributed by atoms with Gasteiger partial charge in [0, 0.05) is 48.7 Å². The fourth-order valence-corrected chi connectivity index (χ4v) is 5.16. The van der Waals surface area contributed by atoms with Crippen molar-refractivity contribution in [3.63, 3.8) is 0 Å². The van der Waals surface area contributed by atoms with E-state index in [-0.39, 0.29) is 11.9 Å². The third-order valence-electron chi connectivity index (χ3n) is 7.13. The van der Waals surface area contributed by atoms with E-state index in [2.05, 4.69) is 31.4 Å². The lowest BCUT2D eigenvalue weighted by molar-refractivity contribution is -0.0511. The monoisotopic (exact) mass is 460 g/mol. The van der Waals surface area contributed by atoms with Gasteiger partial charge in [-0.15, -0.1) is 5.10 Å². The molecular weight excluding hydrogens is 431 g/mol. The third kappa shape index (κ3) is 4.06. The Morgan fingerprint density at radius 2 is 2.09 bits per heavy atom. The molecule has 2 aromatic carbocycles. The molecule has 1 aromatic heterocycles. The van der Waals surface area contributed by atoms with Crippen LogP contribution in [0.3, 0.4) is 0 Å². The maximum absolute atomic E-state index is 15.4. The highest BCUT2D eigenvalue weighted by Gasteiger charge is 2.30. The lowest BCUT2D eigenvalue weighted by Gasteiger charge is -2.44. The molecule has 2 saturated heterocycles. The van der Waals surface area contributed by atoms with E-state index < -0.39 is 0 Å². The zero-order chi connectivity index (χ0) is 23.8. The van der Waals surface area contributed by atoms with Crippen molar-refractivity contribution in [3.8, 4) is 6.07 Å². The number of aromatic nitrogens is 2. The normalized spacial score (nSPS) is 19.5. The average Bonchev–Trinajstić information content (AvgIpc) is 2.85. The molecule has 2 aliphatic heterocycles. The molecule has 1 N–H and O–H groups in total. The molecule has 0 amide bonds. The maximum atomic E-state index is 15.4. The molecular formula is C26H29FN6O. The van der Waals surface area contributed by atoms with Crippen LogP contribution in [0.5, 0.6) is 0 Å². The van der Waals surface area contributed by atoms with Crippen LogP contribution < -0.4 is 10.2 Å². The fraction of sp³-hybridized carbons (Fsp3) is 0.423. The second-order valence-corrected chi connectivity index (χ2v) is 9.22. The van der Waals surface area contributed by atoms with Gasteiger partial charge in [-0.2, -0.15) is 10.4 Å². The molecule has 0 unspecified atom stereocenters. The molecule has 0 spiro atoms. The van der Waals surface area contributed by atoms with E-state index in [0.717, 1.165) is 54.9 Å². The number of nitrogens with one attached hydrogen (secondary N) is 1. The van der Waals surface area contributed by atoms with Gasteiger partial charge in [0.05, 0.1) is 30.1 Å². The number of piperazine rings is 1. The minimum absolute atomic E-state index is 0.133. The SMILES string of the molecule is Cc1c(C#N)cccc1[C@@H](C)Nc1nnc(C)c2c(F)cc(N3CCN4COCC[C@@H]4C3)cc12. The molecule has 0 aliphatic carbocycles. The average molecular weight is 461 g/mol. The summed E-state index contributed by atoms with van der Waals surface area (Å²) in [5.74, 6) is 0.257. The summed E-state index contributed by atoms with van der Waals surface area (Å²) in [5, 5.41) is 22.7. The molecule has 2 atom stereocenters. The van der Waals surface area contributed by atoms with Gasteiger partial charge < -0.3 is 15.0 Å². The summed E-state index contributed by atoms with van der Waals surface area (Å²) in [6.07, 6.45) is 0.989. The highest BCUT2D eigenvalue weighted by atomic mass is 19.1. The van der Waals surface area contributed by atoms with Crippen molar-refractivity contribution < 1.29 is 9.13 Å². The van der Waals surface area contributed by atoms with Crippen LogP contribution in [0.15, 0.2) is 30.3 Å². The summed E-state index contributed by atoms with van der Waals surface area (Å²) < 4.78 is 21.0. The van der Waals surface area contributed by atoms with Crippen molar-refractivity contribution in [1.82, 2.24) is 15.1 Å². The first kappa shape index (κ1) is 22.5. The maximum Gasteiger partial charge on any atom is 0.157 e. The number of anilines is 2. The first-order valence-corrected chi connectivity index (χ1v) is 11.8. The Kier molecular flexibility index (Phi) is 6.07. The number of benzene rings is 2. The second-order valence-electron chi connectivity index (χ2n) is 9.22. The Balaban J connectivity index is 1.50. The van der Waals surface area contributed by atoms with E-state index in [1.165, 1.54) is 0 Å². The van der Waals surface area contributed by atoms with Gasteiger partial charge in [-0.3, -0.25) is 4.90 Å². The van der Waals surface area contributed by atoms with Crippen LogP contribution in [0, 0.1) is 31.0 Å². The highest BCUT2D eigenvalue weighted by molar-refractivity contribution is 5.96. The molecule has 8 heteroatoms. The molecule has 0 radical (unpaired) electrons. The van der Waals surface area contributed by atoms with Crippen LogP contribution in [0.1, 0.15) is 41.8 Å². The Morgan fingerprint density at radius 1 is 1.24 bits per heavy atom. The summed E-state index contributed by atoms with van der Waals surface area (Å²) in [6, 6.07) is 11.9. The molecule has 3 aromatic rings. The number of halogens is 1. The zero-order valence-corrected chi connectivity index (χ0v) is 19.8. The van der Waals surface area contributed by atoms with E-state index in [4.69, 9.17) is 4.74 Å². The number of hydrogen-bond acceptors (Lipinski definition) is 7. The van der Waals surface area contributed by atoms with E-state index >= 15 is 4.39 Å². The zero-order valence-electron chi connectivity index (χ0n) is 19.8. The van der Waals surface area contributed by atoms with Crippen molar-refractivity contribution in [3.05, 3.63) is 58.5 Å². The van der Waals surface area contributed by atoms with Crippen LogP contribution in [-0.2, 0) is 4.74 Å². The van der Waals surface area contributed by atoms with Gasteiger partial charge in [0.15, 0.2) is 5.82 Å². The van der Waals surface area contributed by atoms with Gasteiger partial charge >= 0.3 is 0 Å². The van der Waals surface area contributed by atoms with Gasteiger partial charge in [-0.05, 0) is 56.5 Å². The fourth-order valence-electron chi connectivity index (χ4n) is 5.16. The Bertz CT molecular complexity index is 1270. The van der Waals surface area contributed by atoms with Gasteiger partial charge in [0.1, 0.15) is 5.82 Å². The van der Waals surface area contributed by atoms with Gasteiger partial charge in [0.25, 0.3) is 0 Å². The van der Waals surface area contributed by atoms with Crippen molar-refractivity contribution >= 4 is 22.3 Å². The summed E-state index contributed by atoms with van der Waals surface area (Å²) in [6.45, 7) is 9.76. The van der Waals surface area contributed by atoms with E-state index in [0.29, 0.717) is 35.2 Å². The number of hydrogen-bond donors (Lipinski definition) is 1. The Morgan fingerprint density at radius 3 is 2.91 bits per heavy atom. The Labute approximate surface area is 199 Å². The third-order valence-corrected chi connectivity index (χ3v) is 7.13. The number of aryl methyl sites for hydroxylation is 1. The quantitative estimate of drug-likeness (QED) is 0.622. The molecule has 176 valence electrons. The number of nitrogens with zero attached hydrogens (tertiary/aromatic N) is 5. The van der Waals surface area contributed by atoms with E-state index in [1.807, 2.05) is 38.1 Å². The van der Waals surface area contributed by atoms with Crippen molar-refractivity contribution in [2.45, 2.75) is 39.3 Å². The second kappa shape index (κ2) is 9.16. The number of fused-ring (bicyclic) bond motifs is 2. The summed E-state index contributed by atoms with van der Waals surface area (Å²) in [7, 11) is 0. The van der Waals surface area contributed by atoms with Crippen LogP contribution in [0.25, 0.3) is 10.8 Å². The van der Waals surface area contributed by atoms with Crippen molar-refractivity contribution in [2.24, 2.45) is 0 Å². The van der Waals surface area contributed by atoms with Crippen LogP contribution in [-0.4, -0.2) is 54.1 Å². The molecule has 0 saturated carbocycles. The molecule has 3 heterocycles. The minimum atomic E-state index is -0.285. The molecule has 7 nitrogen and oxygen atoms in total. The van der Waals surface area contributed by atoms with Gasteiger partial charge in [-0.25, -0.2) is 4.39 Å². The molecule has 2 fully saturated rings. The minimum Gasteiger partial charge on any atom is -0.369 e. The first-order chi connectivity index (χ1) is 16.5. The summed E-state index contributed by atoms with van der Waals surface area (Å²) in [4.78, 5) is 4.62. The topological polar surface area (TPSA) is 77.3 Å². The van der Waals surface area contributed by atoms with Crippen LogP contribution >= 0.6 is 0 Å². The number of nitriles is 1. The number of rotatable bonds is 4. The summed E-state index contributed by atoms with van der Waals surface area (Å²) in [5.41, 5.74) is 4.00. The summed E-state index contributed by atoms with van der Waals surface area (Å²) >= 11 is 0. The predicted octanol–water partition coefficient (Wildman–Crippen LogP) is 4.30. The number of ether oxygens (including phenoxy) is 1. The predicted molar refractivity (Wildman–Crippen MR) is 130 cm³/mol. The smallest absolute Gasteiger partial charge is 0.157 e. The highest BCUT2D eigenvalue weighted by Crippen LogP contribution is 2.34. The molecule has 2 aliphatic rings. The standard InChI is InChI=1S/C26H29FN6O/c1-16-19(13-28)5-4-6-22(16)17(2)29-26-23-11-21(12-24(27)25(23)18(3)30-31-26)32-8-9-33-15-34-10-7-20(33)14-32/h4-6,11-12,17,20H,7-10,14-15H2,1-3H3,(H,29,31)/t17-,20-/m1/s1. The lowest BCUT2D eigenvalue weighted by atomic mass is 9.98. The van der Waals surface area contributed by atoms with Gasteiger partial charge in [0.2, 0.25) is 0 Å². The van der Waals surface area contributed by atoms with Crippen molar-refractivity contribution in [1.29, 1.82) is 5.26 Å². The largest absolute Gasteiger partial charge is 0.369 e. The molecule has 34 heavy (non-hydrogen) atoms. The van der Waals surface area contributed by atoms with Crippen LogP contribution in [0.2, 0.25) is 0 Å². The first-order valence-electron chi connectivity index (χ1n) is 11.8. The molecule has 0 bridgehead atoms. The van der Waals surface area contributed by atoms with Crippen LogP contribution in [0.4, 0.5) is 15.9 Å². The van der Waals surface area contributed by atoms with E-state index in [1.54, 1.807) is 13.0 Å².